The average Bonchev–Trinajstić information content (AvgIpc) is 2.73. The zero-order valence-corrected chi connectivity index (χ0v) is 16.7. The molecule has 150 valence electrons. The molecule has 1 aliphatic carbocycles. The van der Waals surface area contributed by atoms with Gasteiger partial charge in [0.05, 0.1) is 0 Å². The molecule has 1 aliphatic rings. The SMILES string of the molecule is Cn1c(=O)c(-c2ccccc2Cl)cc2cnc(NC3CCC(OC=O)CC3)nc21. The summed E-state index contributed by atoms with van der Waals surface area (Å²) < 4.78 is 6.56. The average molecular weight is 413 g/mol. The van der Waals surface area contributed by atoms with Crippen LogP contribution in [0.4, 0.5) is 5.95 Å². The molecule has 4 rings (SSSR count). The Hall–Kier alpha value is -2.93. The molecule has 0 atom stereocenters. The summed E-state index contributed by atoms with van der Waals surface area (Å²) >= 11 is 6.28. The summed E-state index contributed by atoms with van der Waals surface area (Å²) in [5, 5.41) is 4.62. The van der Waals surface area contributed by atoms with Crippen LogP contribution in [0.1, 0.15) is 25.7 Å². The van der Waals surface area contributed by atoms with Gasteiger partial charge in [-0.1, -0.05) is 29.8 Å². The fourth-order valence-electron chi connectivity index (χ4n) is 3.79. The van der Waals surface area contributed by atoms with Crippen molar-refractivity contribution in [2.75, 3.05) is 5.32 Å². The first-order chi connectivity index (χ1) is 14.1. The van der Waals surface area contributed by atoms with Crippen molar-refractivity contribution in [3.05, 3.63) is 51.9 Å². The Balaban J connectivity index is 1.61. The molecule has 1 saturated carbocycles. The number of carbonyl (C=O) groups is 1. The molecule has 0 saturated heterocycles. The Morgan fingerprint density at radius 3 is 2.69 bits per heavy atom. The van der Waals surface area contributed by atoms with Crippen molar-refractivity contribution in [1.29, 1.82) is 0 Å². The number of ether oxygens (including phenoxy) is 1. The third-order valence-electron chi connectivity index (χ3n) is 5.37. The number of rotatable bonds is 5. The number of nitrogens with zero attached hydrogens (tertiary/aromatic N) is 3. The fraction of sp³-hybridized carbons (Fsp3) is 0.333. The summed E-state index contributed by atoms with van der Waals surface area (Å²) in [6, 6.07) is 9.26. The number of pyridine rings is 1. The van der Waals surface area contributed by atoms with E-state index in [9.17, 15) is 9.59 Å². The molecule has 0 spiro atoms. The van der Waals surface area contributed by atoms with Crippen LogP contribution in [-0.4, -0.2) is 33.2 Å². The lowest BCUT2D eigenvalue weighted by atomic mass is 9.93. The Kier molecular flexibility index (Phi) is 5.49. The van der Waals surface area contributed by atoms with Crippen LogP contribution in [0.2, 0.25) is 5.02 Å². The van der Waals surface area contributed by atoms with Gasteiger partial charge in [-0.15, -0.1) is 0 Å². The van der Waals surface area contributed by atoms with Crippen LogP contribution in [0, 0.1) is 0 Å². The molecule has 29 heavy (non-hydrogen) atoms. The summed E-state index contributed by atoms with van der Waals surface area (Å²) in [6.07, 6.45) is 5.06. The number of aryl methyl sites for hydroxylation is 1. The van der Waals surface area contributed by atoms with E-state index in [0.29, 0.717) is 34.2 Å². The molecule has 0 bridgehead atoms. The molecule has 0 unspecified atom stereocenters. The molecular formula is C21H21ClN4O3. The summed E-state index contributed by atoms with van der Waals surface area (Å²) in [5.41, 5.74) is 1.60. The summed E-state index contributed by atoms with van der Waals surface area (Å²) in [6.45, 7) is 0.516. The number of hydrogen-bond donors (Lipinski definition) is 1. The maximum absolute atomic E-state index is 12.9. The van der Waals surface area contributed by atoms with Crippen LogP contribution in [0.5, 0.6) is 0 Å². The van der Waals surface area contributed by atoms with Crippen LogP contribution in [0.15, 0.2) is 41.3 Å². The van der Waals surface area contributed by atoms with Crippen molar-refractivity contribution >= 4 is 35.1 Å². The first-order valence-corrected chi connectivity index (χ1v) is 9.92. The third kappa shape index (κ3) is 3.96. The van der Waals surface area contributed by atoms with Gasteiger partial charge in [0.2, 0.25) is 5.95 Å². The predicted octanol–water partition coefficient (Wildman–Crippen LogP) is 3.55. The molecule has 2 aromatic heterocycles. The van der Waals surface area contributed by atoms with Crippen molar-refractivity contribution in [3.63, 3.8) is 0 Å². The minimum absolute atomic E-state index is 0.00729. The van der Waals surface area contributed by atoms with E-state index in [4.69, 9.17) is 16.3 Å². The number of halogens is 1. The number of hydrogen-bond acceptors (Lipinski definition) is 6. The highest BCUT2D eigenvalue weighted by Crippen LogP contribution is 2.27. The summed E-state index contributed by atoms with van der Waals surface area (Å²) in [5.74, 6) is 0.484. The second-order valence-electron chi connectivity index (χ2n) is 7.22. The molecule has 2 heterocycles. The lowest BCUT2D eigenvalue weighted by Gasteiger charge is -2.27. The van der Waals surface area contributed by atoms with Crippen LogP contribution >= 0.6 is 11.6 Å². The fourth-order valence-corrected chi connectivity index (χ4v) is 4.03. The molecule has 1 N–H and O–H groups in total. The second-order valence-corrected chi connectivity index (χ2v) is 7.63. The number of carbonyl (C=O) groups excluding carboxylic acids is 1. The smallest absolute Gasteiger partial charge is 0.293 e. The zero-order chi connectivity index (χ0) is 20.4. The molecule has 1 aromatic carbocycles. The summed E-state index contributed by atoms with van der Waals surface area (Å²) in [7, 11) is 1.70. The van der Waals surface area contributed by atoms with E-state index in [0.717, 1.165) is 31.1 Å². The van der Waals surface area contributed by atoms with Gasteiger partial charge in [0.1, 0.15) is 11.8 Å². The van der Waals surface area contributed by atoms with Gasteiger partial charge in [0, 0.05) is 40.8 Å². The maximum Gasteiger partial charge on any atom is 0.293 e. The van der Waals surface area contributed by atoms with Gasteiger partial charge in [0.25, 0.3) is 12.0 Å². The highest BCUT2D eigenvalue weighted by Gasteiger charge is 2.22. The van der Waals surface area contributed by atoms with Gasteiger partial charge in [-0.2, -0.15) is 4.98 Å². The van der Waals surface area contributed by atoms with E-state index in [1.807, 2.05) is 18.2 Å². The van der Waals surface area contributed by atoms with Gasteiger partial charge in [-0.05, 0) is 37.8 Å². The monoisotopic (exact) mass is 412 g/mol. The number of benzene rings is 1. The second kappa shape index (κ2) is 8.21. The van der Waals surface area contributed by atoms with Gasteiger partial charge in [0.15, 0.2) is 0 Å². The van der Waals surface area contributed by atoms with Gasteiger partial charge in [-0.3, -0.25) is 14.2 Å². The van der Waals surface area contributed by atoms with Crippen molar-refractivity contribution in [2.45, 2.75) is 37.8 Å². The molecule has 0 radical (unpaired) electrons. The van der Waals surface area contributed by atoms with Crippen molar-refractivity contribution in [1.82, 2.24) is 14.5 Å². The van der Waals surface area contributed by atoms with E-state index in [2.05, 4.69) is 15.3 Å². The Morgan fingerprint density at radius 2 is 1.97 bits per heavy atom. The Morgan fingerprint density at radius 1 is 1.21 bits per heavy atom. The normalized spacial score (nSPS) is 19.1. The van der Waals surface area contributed by atoms with Crippen LogP contribution in [0.3, 0.4) is 0 Å². The molecular weight excluding hydrogens is 392 g/mol. The van der Waals surface area contributed by atoms with E-state index in [1.54, 1.807) is 25.4 Å². The van der Waals surface area contributed by atoms with E-state index >= 15 is 0 Å². The molecule has 3 aromatic rings. The van der Waals surface area contributed by atoms with E-state index in [-0.39, 0.29) is 17.7 Å². The maximum atomic E-state index is 12.9. The molecule has 7 nitrogen and oxygen atoms in total. The molecule has 8 heteroatoms. The largest absolute Gasteiger partial charge is 0.465 e. The third-order valence-corrected chi connectivity index (χ3v) is 5.70. The standard InChI is InChI=1S/C21H21ClN4O3/c1-26-19-13(10-17(20(26)28)16-4-2-3-5-18(16)22)11-23-21(25-19)24-14-6-8-15(9-7-14)29-12-27/h2-5,10-12,14-15H,6-9H2,1H3,(H,23,24,25). The highest BCUT2D eigenvalue weighted by molar-refractivity contribution is 6.33. The quantitative estimate of drug-likeness (QED) is 0.645. The van der Waals surface area contributed by atoms with Crippen LogP contribution in [0.25, 0.3) is 22.2 Å². The first kappa shape index (κ1) is 19.4. The highest BCUT2D eigenvalue weighted by atomic mass is 35.5. The Labute approximate surface area is 172 Å². The molecule has 1 fully saturated rings. The predicted molar refractivity (Wildman–Crippen MR) is 112 cm³/mol. The topological polar surface area (TPSA) is 86.1 Å². The van der Waals surface area contributed by atoms with Crippen molar-refractivity contribution in [3.8, 4) is 11.1 Å². The van der Waals surface area contributed by atoms with Crippen LogP contribution < -0.4 is 10.9 Å². The first-order valence-electron chi connectivity index (χ1n) is 9.54. The Bertz CT molecular complexity index is 1110. The van der Waals surface area contributed by atoms with Crippen LogP contribution in [-0.2, 0) is 16.6 Å². The zero-order valence-electron chi connectivity index (χ0n) is 16.0. The minimum atomic E-state index is -0.165. The number of nitrogens with one attached hydrogen (secondary N) is 1. The van der Waals surface area contributed by atoms with E-state index in [1.165, 1.54) is 4.57 Å². The lowest BCUT2D eigenvalue weighted by Crippen LogP contribution is -2.30. The van der Waals surface area contributed by atoms with Crippen molar-refractivity contribution in [2.24, 2.45) is 7.05 Å². The van der Waals surface area contributed by atoms with Gasteiger partial charge < -0.3 is 10.1 Å². The number of anilines is 1. The lowest BCUT2D eigenvalue weighted by molar-refractivity contribution is -0.134. The van der Waals surface area contributed by atoms with Crippen molar-refractivity contribution < 1.29 is 9.53 Å². The van der Waals surface area contributed by atoms with Gasteiger partial charge in [-0.25, -0.2) is 4.98 Å². The number of aromatic nitrogens is 3. The minimum Gasteiger partial charge on any atom is -0.465 e. The summed E-state index contributed by atoms with van der Waals surface area (Å²) in [4.78, 5) is 32.4. The number of fused-ring (bicyclic) bond motifs is 1. The van der Waals surface area contributed by atoms with Gasteiger partial charge >= 0.3 is 0 Å². The molecule has 0 aliphatic heterocycles. The van der Waals surface area contributed by atoms with E-state index < -0.39 is 0 Å². The molecule has 0 amide bonds.